The van der Waals surface area contributed by atoms with Gasteiger partial charge in [0.15, 0.2) is 0 Å². The van der Waals surface area contributed by atoms with E-state index in [0.717, 1.165) is 26.4 Å². The van der Waals surface area contributed by atoms with Gasteiger partial charge in [0.1, 0.15) is 5.75 Å². The molecule has 0 atom stereocenters. The zero-order valence-electron chi connectivity index (χ0n) is 11.0. The van der Waals surface area contributed by atoms with Crippen LogP contribution in [0.25, 0.3) is 0 Å². The molecule has 1 aromatic carbocycles. The quantitative estimate of drug-likeness (QED) is 0.638. The highest BCUT2D eigenvalue weighted by Crippen LogP contribution is 2.33. The Bertz CT molecular complexity index is 643. The minimum Gasteiger partial charge on any atom is -0.495 e. The third-order valence-electron chi connectivity index (χ3n) is 2.75. The lowest BCUT2D eigenvalue weighted by Crippen LogP contribution is -2.02. The lowest BCUT2D eigenvalue weighted by atomic mass is 10.2. The van der Waals surface area contributed by atoms with Crippen molar-refractivity contribution in [1.29, 1.82) is 0 Å². The van der Waals surface area contributed by atoms with E-state index in [4.69, 9.17) is 4.74 Å². The highest BCUT2D eigenvalue weighted by Gasteiger charge is 2.11. The predicted molar refractivity (Wildman–Crippen MR) is 83.7 cm³/mol. The second-order valence-electron chi connectivity index (χ2n) is 4.15. The minimum atomic E-state index is -0.375. The third-order valence-corrected chi connectivity index (χ3v) is 4.25. The van der Waals surface area contributed by atoms with Gasteiger partial charge in [-0.3, -0.25) is 10.1 Å². The van der Waals surface area contributed by atoms with Gasteiger partial charge in [-0.25, -0.2) is 0 Å². The number of halogens is 1. The zero-order chi connectivity index (χ0) is 14.7. The van der Waals surface area contributed by atoms with E-state index in [1.54, 1.807) is 13.2 Å². The number of ether oxygens (including phenoxy) is 1. The van der Waals surface area contributed by atoms with Crippen LogP contribution in [0.5, 0.6) is 5.75 Å². The van der Waals surface area contributed by atoms with Crippen LogP contribution >= 0.6 is 27.3 Å². The van der Waals surface area contributed by atoms with Crippen molar-refractivity contribution in [3.63, 3.8) is 0 Å². The van der Waals surface area contributed by atoms with Crippen molar-refractivity contribution in [1.82, 2.24) is 0 Å². The number of nitro groups is 1. The summed E-state index contributed by atoms with van der Waals surface area (Å²) in [5.41, 5.74) is 1.94. The Labute approximate surface area is 128 Å². The van der Waals surface area contributed by atoms with Gasteiger partial charge in [0, 0.05) is 22.0 Å². The maximum absolute atomic E-state index is 10.7. The van der Waals surface area contributed by atoms with Gasteiger partial charge < -0.3 is 10.1 Å². The van der Waals surface area contributed by atoms with Crippen molar-refractivity contribution >= 4 is 38.0 Å². The van der Waals surface area contributed by atoms with Gasteiger partial charge in [0.25, 0.3) is 0 Å². The van der Waals surface area contributed by atoms with Crippen LogP contribution in [-0.2, 0) is 6.54 Å². The van der Waals surface area contributed by atoms with Crippen LogP contribution in [0.3, 0.4) is 0 Å². The van der Waals surface area contributed by atoms with E-state index in [0.29, 0.717) is 6.54 Å². The number of aryl methyl sites for hydroxylation is 1. The zero-order valence-corrected chi connectivity index (χ0v) is 13.4. The van der Waals surface area contributed by atoms with Crippen molar-refractivity contribution in [2.45, 2.75) is 13.5 Å². The molecular weight excluding hydrogens is 344 g/mol. The van der Waals surface area contributed by atoms with E-state index in [1.165, 1.54) is 17.4 Å². The van der Waals surface area contributed by atoms with Gasteiger partial charge in [-0.15, -0.1) is 0 Å². The Balaban J connectivity index is 2.16. The van der Waals surface area contributed by atoms with E-state index >= 15 is 0 Å². The van der Waals surface area contributed by atoms with Gasteiger partial charge in [0.2, 0.25) is 0 Å². The summed E-state index contributed by atoms with van der Waals surface area (Å²) in [6.07, 6.45) is 0. The fourth-order valence-corrected chi connectivity index (χ4v) is 3.15. The van der Waals surface area contributed by atoms with Gasteiger partial charge in [-0.1, -0.05) is 27.3 Å². The molecule has 2 aromatic rings. The summed E-state index contributed by atoms with van der Waals surface area (Å²) in [5, 5.41) is 14.1. The fraction of sp³-hybridized carbons (Fsp3) is 0.231. The Morgan fingerprint density at radius 3 is 2.80 bits per heavy atom. The summed E-state index contributed by atoms with van der Waals surface area (Å²) >= 11 is 4.59. The fourth-order valence-electron chi connectivity index (χ4n) is 1.84. The van der Waals surface area contributed by atoms with Crippen LogP contribution in [-0.4, -0.2) is 12.0 Å². The van der Waals surface area contributed by atoms with E-state index in [9.17, 15) is 10.1 Å². The molecule has 0 aliphatic rings. The molecule has 0 saturated carbocycles. The van der Waals surface area contributed by atoms with Crippen LogP contribution in [0.1, 0.15) is 10.4 Å². The summed E-state index contributed by atoms with van der Waals surface area (Å²) in [6, 6.07) is 7.15. The summed E-state index contributed by atoms with van der Waals surface area (Å²) in [5.74, 6) is 0.739. The summed E-state index contributed by atoms with van der Waals surface area (Å²) in [4.78, 5) is 11.2. The molecule has 0 fully saturated rings. The molecule has 0 aliphatic carbocycles. The SMILES string of the molecule is COc1cc(Br)cc(C)c1NCc1ccc([N+](=O)[O-])s1. The monoisotopic (exact) mass is 356 g/mol. The largest absolute Gasteiger partial charge is 0.495 e. The molecule has 0 bridgehead atoms. The van der Waals surface area contributed by atoms with E-state index in [-0.39, 0.29) is 9.92 Å². The normalized spacial score (nSPS) is 10.3. The van der Waals surface area contributed by atoms with Crippen molar-refractivity contribution < 1.29 is 9.66 Å². The third kappa shape index (κ3) is 3.29. The average Bonchev–Trinajstić information content (AvgIpc) is 2.85. The highest BCUT2D eigenvalue weighted by molar-refractivity contribution is 9.10. The summed E-state index contributed by atoms with van der Waals surface area (Å²) < 4.78 is 6.29. The molecule has 1 aromatic heterocycles. The number of methoxy groups -OCH3 is 1. The van der Waals surface area contributed by atoms with Crippen molar-refractivity contribution in [2.75, 3.05) is 12.4 Å². The lowest BCUT2D eigenvalue weighted by Gasteiger charge is -2.14. The molecule has 0 unspecified atom stereocenters. The molecule has 20 heavy (non-hydrogen) atoms. The second-order valence-corrected chi connectivity index (χ2v) is 6.21. The molecule has 0 radical (unpaired) electrons. The van der Waals surface area contributed by atoms with Gasteiger partial charge in [-0.2, -0.15) is 0 Å². The maximum atomic E-state index is 10.7. The molecule has 7 heteroatoms. The number of hydrogen-bond donors (Lipinski definition) is 1. The van der Waals surface area contributed by atoms with E-state index in [1.807, 2.05) is 19.1 Å². The molecule has 0 amide bonds. The Kier molecular flexibility index (Phi) is 4.61. The Morgan fingerprint density at radius 2 is 2.20 bits per heavy atom. The first-order valence-electron chi connectivity index (χ1n) is 5.82. The molecule has 5 nitrogen and oxygen atoms in total. The first-order valence-corrected chi connectivity index (χ1v) is 7.43. The first kappa shape index (κ1) is 14.8. The average molecular weight is 357 g/mol. The van der Waals surface area contributed by atoms with Gasteiger partial charge in [0.05, 0.1) is 17.7 Å². The first-order chi connectivity index (χ1) is 9.51. The number of benzene rings is 1. The molecule has 1 heterocycles. The summed E-state index contributed by atoms with van der Waals surface area (Å²) in [6.45, 7) is 2.50. The van der Waals surface area contributed by atoms with Crippen LogP contribution in [0, 0.1) is 17.0 Å². The number of hydrogen-bond acceptors (Lipinski definition) is 5. The van der Waals surface area contributed by atoms with Crippen LogP contribution < -0.4 is 10.1 Å². The molecule has 0 aliphatic heterocycles. The smallest absolute Gasteiger partial charge is 0.324 e. The number of nitrogens with zero attached hydrogens (tertiary/aromatic N) is 1. The lowest BCUT2D eigenvalue weighted by molar-refractivity contribution is -0.380. The van der Waals surface area contributed by atoms with Gasteiger partial charge >= 0.3 is 5.00 Å². The molecule has 0 saturated heterocycles. The van der Waals surface area contributed by atoms with Crippen LogP contribution in [0.4, 0.5) is 10.7 Å². The molecule has 2 rings (SSSR count). The maximum Gasteiger partial charge on any atom is 0.324 e. The number of rotatable bonds is 5. The number of nitrogens with one attached hydrogen (secondary N) is 1. The Hall–Kier alpha value is -1.60. The topological polar surface area (TPSA) is 64.4 Å². The highest BCUT2D eigenvalue weighted by atomic mass is 79.9. The standard InChI is InChI=1S/C13H13BrN2O3S/c1-8-5-9(14)6-11(19-2)13(8)15-7-10-3-4-12(20-10)16(17)18/h3-6,15H,7H2,1-2H3. The summed E-state index contributed by atoms with van der Waals surface area (Å²) in [7, 11) is 1.61. The van der Waals surface area contributed by atoms with Crippen LogP contribution in [0.15, 0.2) is 28.7 Å². The van der Waals surface area contributed by atoms with Crippen molar-refractivity contribution in [3.05, 3.63) is 49.3 Å². The second kappa shape index (κ2) is 6.23. The number of anilines is 1. The minimum absolute atomic E-state index is 0.154. The number of thiophene rings is 1. The molecule has 1 N–H and O–H groups in total. The van der Waals surface area contributed by atoms with E-state index in [2.05, 4.69) is 21.2 Å². The Morgan fingerprint density at radius 1 is 1.45 bits per heavy atom. The molecule has 0 spiro atoms. The molecular formula is C13H13BrN2O3S. The van der Waals surface area contributed by atoms with Gasteiger partial charge in [-0.05, 0) is 30.7 Å². The van der Waals surface area contributed by atoms with Crippen molar-refractivity contribution in [2.24, 2.45) is 0 Å². The molecule has 106 valence electrons. The predicted octanol–water partition coefficient (Wildman–Crippen LogP) is 4.35. The van der Waals surface area contributed by atoms with Crippen LogP contribution in [0.2, 0.25) is 0 Å². The van der Waals surface area contributed by atoms with Crippen molar-refractivity contribution in [3.8, 4) is 5.75 Å². The van der Waals surface area contributed by atoms with E-state index < -0.39 is 0 Å².